The van der Waals surface area contributed by atoms with Gasteiger partial charge in [0, 0.05) is 36.7 Å². The average molecular weight is 449 g/mol. The monoisotopic (exact) mass is 448 g/mol. The van der Waals surface area contributed by atoms with Crippen molar-refractivity contribution < 1.29 is 9.18 Å². The van der Waals surface area contributed by atoms with Crippen LogP contribution in [0.3, 0.4) is 0 Å². The molecule has 0 saturated carbocycles. The molecule has 4 rings (SSSR count). The molecule has 0 radical (unpaired) electrons. The fraction of sp³-hybridized carbons (Fsp3) is 0.320. The zero-order valence-corrected chi connectivity index (χ0v) is 18.9. The van der Waals surface area contributed by atoms with E-state index >= 15 is 0 Å². The third kappa shape index (κ3) is 5.97. The Morgan fingerprint density at radius 3 is 2.79 bits per heavy atom. The van der Waals surface area contributed by atoms with Crippen molar-refractivity contribution in [2.75, 3.05) is 28.6 Å². The average Bonchev–Trinajstić information content (AvgIpc) is 3.29. The number of benzene rings is 2. The first-order chi connectivity index (χ1) is 16.0. The first-order valence-corrected chi connectivity index (χ1v) is 11.3. The van der Waals surface area contributed by atoms with Crippen LogP contribution >= 0.6 is 0 Å². The van der Waals surface area contributed by atoms with Gasteiger partial charge >= 0.3 is 6.03 Å². The van der Waals surface area contributed by atoms with Crippen LogP contribution < -0.4 is 20.9 Å². The minimum atomic E-state index is -0.293. The van der Waals surface area contributed by atoms with Crippen molar-refractivity contribution in [3.63, 3.8) is 0 Å². The van der Waals surface area contributed by atoms with Gasteiger partial charge in [0.15, 0.2) is 0 Å². The molecule has 2 amide bonds. The number of amides is 2. The van der Waals surface area contributed by atoms with E-state index in [-0.39, 0.29) is 17.9 Å². The van der Waals surface area contributed by atoms with Crippen LogP contribution in [-0.4, -0.2) is 35.1 Å². The van der Waals surface area contributed by atoms with Gasteiger partial charge in [-0.3, -0.25) is 0 Å². The highest BCUT2D eigenvalue weighted by Gasteiger charge is 2.25. The lowest BCUT2D eigenvalue weighted by molar-refractivity contribution is 0.249. The van der Waals surface area contributed by atoms with Gasteiger partial charge in [-0.1, -0.05) is 26.0 Å². The van der Waals surface area contributed by atoms with Crippen molar-refractivity contribution >= 4 is 29.2 Å². The van der Waals surface area contributed by atoms with Crippen molar-refractivity contribution in [1.82, 2.24) is 15.3 Å². The number of anilines is 4. The molecule has 2 heterocycles. The summed E-state index contributed by atoms with van der Waals surface area (Å²) >= 11 is 0. The Labute approximate surface area is 193 Å². The van der Waals surface area contributed by atoms with Crippen LogP contribution in [0.15, 0.2) is 60.8 Å². The number of hydrogen-bond donors (Lipinski definition) is 3. The zero-order chi connectivity index (χ0) is 23.2. The van der Waals surface area contributed by atoms with Gasteiger partial charge in [0.05, 0.1) is 0 Å². The third-order valence-corrected chi connectivity index (χ3v) is 5.91. The molecule has 3 aromatic rings. The quantitative estimate of drug-likeness (QED) is 0.459. The highest BCUT2D eigenvalue weighted by Crippen LogP contribution is 2.23. The molecule has 8 heteroatoms. The van der Waals surface area contributed by atoms with E-state index in [1.807, 2.05) is 24.3 Å². The van der Waals surface area contributed by atoms with Gasteiger partial charge < -0.3 is 20.9 Å². The summed E-state index contributed by atoms with van der Waals surface area (Å²) in [7, 11) is 0. The minimum Gasteiger partial charge on any atom is -0.354 e. The van der Waals surface area contributed by atoms with Crippen LogP contribution in [0.4, 0.5) is 32.3 Å². The van der Waals surface area contributed by atoms with Crippen LogP contribution in [0.25, 0.3) is 0 Å². The Kier molecular flexibility index (Phi) is 7.02. The van der Waals surface area contributed by atoms with Crippen molar-refractivity contribution in [2.45, 2.75) is 38.6 Å². The molecule has 1 aliphatic rings. The second-order valence-corrected chi connectivity index (χ2v) is 8.34. The number of aromatic nitrogens is 2. The molecule has 7 nitrogen and oxygen atoms in total. The second kappa shape index (κ2) is 10.3. The molecule has 1 aromatic heterocycles. The molecule has 0 aliphatic carbocycles. The Morgan fingerprint density at radius 1 is 1.18 bits per heavy atom. The van der Waals surface area contributed by atoms with Gasteiger partial charge in [0.2, 0.25) is 5.95 Å². The number of hydrogen-bond acceptors (Lipinski definition) is 5. The maximum absolute atomic E-state index is 13.1. The summed E-state index contributed by atoms with van der Waals surface area (Å²) in [4.78, 5) is 23.5. The topological polar surface area (TPSA) is 82.2 Å². The fourth-order valence-corrected chi connectivity index (χ4v) is 3.85. The smallest absolute Gasteiger partial charge is 0.319 e. The largest absolute Gasteiger partial charge is 0.354 e. The number of rotatable bonds is 7. The highest BCUT2D eigenvalue weighted by molar-refractivity contribution is 5.89. The standard InChI is InChI=1S/C25H29FN6O/c1-3-17(2)18-5-4-6-21(15-18)29-25(33)30-22-12-14-32(16-22)23-11-13-27-24(31-23)28-20-9-7-19(26)8-10-20/h4-11,13,15,17,22H,3,12,14,16H2,1-2H3,(H,27,28,31)(H2,29,30,33). The summed E-state index contributed by atoms with van der Waals surface area (Å²) in [5.41, 5.74) is 2.73. The minimum absolute atomic E-state index is 0.0196. The number of urea groups is 1. The molecule has 172 valence electrons. The summed E-state index contributed by atoms with van der Waals surface area (Å²) in [6.07, 6.45) is 3.56. The van der Waals surface area contributed by atoms with Gasteiger partial charge in [-0.15, -0.1) is 0 Å². The lowest BCUT2D eigenvalue weighted by Crippen LogP contribution is -2.39. The second-order valence-electron chi connectivity index (χ2n) is 8.34. The summed E-state index contributed by atoms with van der Waals surface area (Å²) in [6.45, 7) is 5.78. The molecule has 2 aromatic carbocycles. The number of nitrogens with one attached hydrogen (secondary N) is 3. The third-order valence-electron chi connectivity index (χ3n) is 5.91. The number of carbonyl (C=O) groups is 1. The Morgan fingerprint density at radius 2 is 2.00 bits per heavy atom. The maximum atomic E-state index is 13.1. The maximum Gasteiger partial charge on any atom is 0.319 e. The highest BCUT2D eigenvalue weighted by atomic mass is 19.1. The molecule has 2 atom stereocenters. The van der Waals surface area contributed by atoms with Crippen molar-refractivity contribution in [2.24, 2.45) is 0 Å². The Balaban J connectivity index is 1.32. The van der Waals surface area contributed by atoms with Gasteiger partial charge in [0.25, 0.3) is 0 Å². The molecule has 0 bridgehead atoms. The Bertz CT molecular complexity index is 1090. The molecule has 3 N–H and O–H groups in total. The van der Waals surface area contributed by atoms with Gasteiger partial charge in [-0.05, 0) is 66.8 Å². The molecule has 1 aliphatic heterocycles. The zero-order valence-electron chi connectivity index (χ0n) is 18.9. The van der Waals surface area contributed by atoms with Gasteiger partial charge in [0.1, 0.15) is 11.6 Å². The predicted molar refractivity (Wildman–Crippen MR) is 130 cm³/mol. The van der Waals surface area contributed by atoms with Crippen molar-refractivity contribution in [3.05, 3.63) is 72.2 Å². The van der Waals surface area contributed by atoms with Crippen LogP contribution in [0.1, 0.15) is 38.2 Å². The molecule has 0 spiro atoms. The van der Waals surface area contributed by atoms with Crippen LogP contribution in [0, 0.1) is 5.82 Å². The van der Waals surface area contributed by atoms with Crippen molar-refractivity contribution in [3.8, 4) is 0 Å². The van der Waals surface area contributed by atoms with E-state index in [1.54, 1.807) is 18.3 Å². The number of carbonyl (C=O) groups excluding carboxylic acids is 1. The van der Waals surface area contributed by atoms with Crippen LogP contribution in [-0.2, 0) is 0 Å². The lowest BCUT2D eigenvalue weighted by Gasteiger charge is -2.19. The van der Waals surface area contributed by atoms with Gasteiger partial charge in [-0.2, -0.15) is 4.98 Å². The SMILES string of the molecule is CCC(C)c1cccc(NC(=O)NC2CCN(c3ccnc(Nc4ccc(F)cc4)n3)C2)c1. The first-order valence-electron chi connectivity index (χ1n) is 11.3. The van der Waals surface area contributed by atoms with E-state index in [2.05, 4.69) is 50.7 Å². The molecule has 1 saturated heterocycles. The Hall–Kier alpha value is -3.68. The fourth-order valence-electron chi connectivity index (χ4n) is 3.85. The van der Waals surface area contributed by atoms with E-state index in [1.165, 1.54) is 17.7 Å². The van der Waals surface area contributed by atoms with E-state index in [4.69, 9.17) is 0 Å². The predicted octanol–water partition coefficient (Wildman–Crippen LogP) is 5.27. The van der Waals surface area contributed by atoms with E-state index in [0.717, 1.165) is 30.9 Å². The summed E-state index contributed by atoms with van der Waals surface area (Å²) in [5, 5.41) is 9.10. The summed E-state index contributed by atoms with van der Waals surface area (Å²) < 4.78 is 13.1. The van der Waals surface area contributed by atoms with Crippen LogP contribution in [0.5, 0.6) is 0 Å². The number of halogens is 1. The first kappa shape index (κ1) is 22.5. The van der Waals surface area contributed by atoms with E-state index < -0.39 is 0 Å². The number of nitrogens with zero attached hydrogens (tertiary/aromatic N) is 3. The van der Waals surface area contributed by atoms with E-state index in [0.29, 0.717) is 24.1 Å². The van der Waals surface area contributed by atoms with Crippen LogP contribution in [0.2, 0.25) is 0 Å². The summed E-state index contributed by atoms with van der Waals surface area (Å²) in [6, 6.07) is 15.7. The molecule has 2 unspecified atom stereocenters. The van der Waals surface area contributed by atoms with Gasteiger partial charge in [-0.25, -0.2) is 14.2 Å². The molecule has 1 fully saturated rings. The normalized spacial score (nSPS) is 16.3. The molecular weight excluding hydrogens is 419 g/mol. The molecule has 33 heavy (non-hydrogen) atoms. The summed E-state index contributed by atoms with van der Waals surface area (Å²) in [5.74, 6) is 1.38. The van der Waals surface area contributed by atoms with Crippen molar-refractivity contribution in [1.29, 1.82) is 0 Å². The molecular formula is C25H29FN6O. The van der Waals surface area contributed by atoms with E-state index in [9.17, 15) is 9.18 Å². The lowest BCUT2D eigenvalue weighted by atomic mass is 9.98.